The van der Waals surface area contributed by atoms with Crippen molar-refractivity contribution in [3.8, 4) is 11.5 Å². The van der Waals surface area contributed by atoms with Gasteiger partial charge in [-0.1, -0.05) is 0 Å². The molecular weight excluding hydrogens is 530 g/mol. The Morgan fingerprint density at radius 2 is 1.95 bits per heavy atom. The highest BCUT2D eigenvalue weighted by Crippen LogP contribution is 2.39. The van der Waals surface area contributed by atoms with Crippen molar-refractivity contribution in [1.82, 2.24) is 15.3 Å². The summed E-state index contributed by atoms with van der Waals surface area (Å²) in [7, 11) is -0.982. The molecule has 204 valence electrons. The second-order valence-corrected chi connectivity index (χ2v) is 11.3. The minimum Gasteiger partial charge on any atom is -0.496 e. The van der Waals surface area contributed by atoms with Gasteiger partial charge in [-0.15, -0.1) is 0 Å². The van der Waals surface area contributed by atoms with Crippen LogP contribution in [0.15, 0.2) is 41.0 Å². The minimum atomic E-state index is -4.59. The molecule has 4 rings (SSSR count). The number of rotatable bonds is 9. The lowest BCUT2D eigenvalue weighted by Gasteiger charge is -2.19. The zero-order chi connectivity index (χ0) is 27.7. The molecule has 14 heteroatoms. The highest BCUT2D eigenvalue weighted by atomic mass is 32.2. The average Bonchev–Trinajstić information content (AvgIpc) is 3.69. The van der Waals surface area contributed by atoms with Crippen LogP contribution in [0.2, 0.25) is 0 Å². The summed E-state index contributed by atoms with van der Waals surface area (Å²) in [6.45, 7) is -0.287. The molecule has 1 amide bonds. The summed E-state index contributed by atoms with van der Waals surface area (Å²) >= 11 is 0. The molecule has 1 unspecified atom stereocenters. The number of aromatic nitrogens is 2. The Kier molecular flexibility index (Phi) is 7.63. The number of amides is 1. The van der Waals surface area contributed by atoms with Crippen LogP contribution >= 0.6 is 0 Å². The summed E-state index contributed by atoms with van der Waals surface area (Å²) in [5, 5.41) is 5.22. The summed E-state index contributed by atoms with van der Waals surface area (Å²) in [5.74, 6) is -1.28. The fraction of sp³-hybridized carbons (Fsp3) is 0.375. The van der Waals surface area contributed by atoms with E-state index in [-0.39, 0.29) is 22.5 Å². The van der Waals surface area contributed by atoms with Gasteiger partial charge < -0.3 is 20.1 Å². The van der Waals surface area contributed by atoms with E-state index in [2.05, 4.69) is 19.6 Å². The normalized spacial score (nSPS) is 15.9. The third-order valence-electron chi connectivity index (χ3n) is 5.67. The number of nitrogens with one attached hydrogen (secondary N) is 2. The molecule has 2 atom stereocenters. The van der Waals surface area contributed by atoms with E-state index in [1.165, 1.54) is 26.4 Å². The maximum Gasteiger partial charge on any atom is 0.405 e. The number of methoxy groups -OCH3 is 1. The molecule has 0 aliphatic heterocycles. The van der Waals surface area contributed by atoms with Crippen LogP contribution in [0.3, 0.4) is 0 Å². The van der Waals surface area contributed by atoms with Crippen molar-refractivity contribution in [2.45, 2.75) is 37.3 Å². The Morgan fingerprint density at radius 3 is 2.61 bits per heavy atom. The molecule has 0 bridgehead atoms. The highest BCUT2D eigenvalue weighted by molar-refractivity contribution is 7.93. The minimum absolute atomic E-state index is 0.0571. The van der Waals surface area contributed by atoms with Crippen molar-refractivity contribution in [3.63, 3.8) is 0 Å². The van der Waals surface area contributed by atoms with E-state index in [9.17, 15) is 26.6 Å². The van der Waals surface area contributed by atoms with Crippen molar-refractivity contribution in [2.75, 3.05) is 25.2 Å². The molecule has 1 saturated carbocycles. The van der Waals surface area contributed by atoms with Crippen molar-refractivity contribution in [1.29, 1.82) is 0 Å². The van der Waals surface area contributed by atoms with Crippen LogP contribution in [-0.2, 0) is 14.5 Å². The lowest BCUT2D eigenvalue weighted by Crippen LogP contribution is -2.41. The molecule has 1 aromatic heterocycles. The third-order valence-corrected chi connectivity index (χ3v) is 7.95. The predicted molar refractivity (Wildman–Crippen MR) is 134 cm³/mol. The van der Waals surface area contributed by atoms with Gasteiger partial charge in [0.2, 0.25) is 0 Å². The van der Waals surface area contributed by atoms with E-state index in [0.29, 0.717) is 22.3 Å². The molecule has 0 spiro atoms. The largest absolute Gasteiger partial charge is 0.496 e. The van der Waals surface area contributed by atoms with Gasteiger partial charge in [0.15, 0.2) is 6.10 Å². The molecule has 2 aromatic carbocycles. The second-order valence-electron chi connectivity index (χ2n) is 8.77. The summed E-state index contributed by atoms with van der Waals surface area (Å²) in [5.41, 5.74) is 1.04. The highest BCUT2D eigenvalue weighted by Gasteiger charge is 2.31. The number of halogens is 4. The number of nitrogens with zero attached hydrogens (tertiary/aromatic N) is 3. The fourth-order valence-electron chi connectivity index (χ4n) is 3.64. The van der Waals surface area contributed by atoms with E-state index in [1.54, 1.807) is 23.7 Å². The molecule has 1 fully saturated rings. The fourth-order valence-corrected chi connectivity index (χ4v) is 5.32. The Bertz CT molecular complexity index is 1490. The van der Waals surface area contributed by atoms with Gasteiger partial charge in [0, 0.05) is 23.6 Å². The Hall–Kier alpha value is -3.68. The van der Waals surface area contributed by atoms with Crippen molar-refractivity contribution >= 4 is 43.7 Å². The van der Waals surface area contributed by atoms with E-state index in [4.69, 9.17) is 9.47 Å². The second kappa shape index (κ2) is 10.6. The van der Waals surface area contributed by atoms with E-state index in [0.717, 1.165) is 25.0 Å². The van der Waals surface area contributed by atoms with Gasteiger partial charge >= 0.3 is 6.18 Å². The lowest BCUT2D eigenvalue weighted by atomic mass is 10.2. The number of ether oxygens (including phenoxy) is 2. The van der Waals surface area contributed by atoms with E-state index >= 15 is 0 Å². The van der Waals surface area contributed by atoms with Gasteiger partial charge in [0.25, 0.3) is 5.91 Å². The molecule has 0 radical (unpaired) electrons. The number of anilines is 2. The first-order chi connectivity index (χ1) is 17.9. The summed E-state index contributed by atoms with van der Waals surface area (Å²) in [6.07, 6.45) is -1.33. The van der Waals surface area contributed by atoms with E-state index in [1.807, 2.05) is 0 Å². The van der Waals surface area contributed by atoms with Gasteiger partial charge in [-0.05, 0) is 38.0 Å². The van der Waals surface area contributed by atoms with Crippen molar-refractivity contribution in [2.24, 2.45) is 4.36 Å². The van der Waals surface area contributed by atoms with Crippen LogP contribution in [0.4, 0.5) is 34.8 Å². The number of carbonyl (C=O) groups is 1. The summed E-state index contributed by atoms with van der Waals surface area (Å²) < 4.78 is 79.7. The number of carbonyl (C=O) groups excluding carboxylic acids is 1. The van der Waals surface area contributed by atoms with Gasteiger partial charge in [0.1, 0.15) is 36.0 Å². The molecule has 38 heavy (non-hydrogen) atoms. The molecule has 1 aliphatic carbocycles. The molecule has 1 heterocycles. The quantitative estimate of drug-likeness (QED) is 0.363. The Labute approximate surface area is 216 Å². The van der Waals surface area contributed by atoms with Crippen LogP contribution in [0, 0.1) is 5.82 Å². The summed E-state index contributed by atoms with van der Waals surface area (Å²) in [4.78, 5) is 20.6. The first-order valence-electron chi connectivity index (χ1n) is 11.5. The van der Waals surface area contributed by atoms with Crippen LogP contribution in [-0.4, -0.2) is 57.5 Å². The zero-order valence-corrected chi connectivity index (χ0v) is 21.5. The lowest BCUT2D eigenvalue weighted by molar-refractivity contribution is -0.142. The van der Waals surface area contributed by atoms with Crippen LogP contribution in [0.25, 0.3) is 10.9 Å². The maximum absolute atomic E-state index is 14.0. The smallest absolute Gasteiger partial charge is 0.405 e. The standard InChI is InChI=1S/C24H25F4N5O4S/c1-13(23(34)29-11-24(26,27)28)37-19-8-14(25)4-7-17(19)32-22-21-18(30-12-31-22)9-15(10-20(21)36-2)33-38(3,35)16-5-6-16/h4,7-10,12-13,16H,5-6,11H2,1-3H3,(H,29,34)(H,30,31,32)/t13-,38?/m1/s1. The molecule has 3 aromatic rings. The van der Waals surface area contributed by atoms with Gasteiger partial charge in [0.05, 0.1) is 39.1 Å². The predicted octanol–water partition coefficient (Wildman–Crippen LogP) is 4.86. The van der Waals surface area contributed by atoms with Gasteiger partial charge in [-0.3, -0.25) is 4.79 Å². The number of alkyl halides is 3. The maximum atomic E-state index is 14.0. The third kappa shape index (κ3) is 6.60. The SMILES string of the molecule is COc1cc(N=S(C)(=O)C2CC2)cc2ncnc(Nc3ccc(F)cc3O[C@H](C)C(=O)NCC(F)(F)F)c12. The molecular formula is C24H25F4N5O4S. The van der Waals surface area contributed by atoms with Crippen LogP contribution in [0.5, 0.6) is 11.5 Å². The Morgan fingerprint density at radius 1 is 1.21 bits per heavy atom. The topological polar surface area (TPSA) is 115 Å². The number of fused-ring (bicyclic) bond motifs is 1. The first kappa shape index (κ1) is 27.4. The molecule has 9 nitrogen and oxygen atoms in total. The van der Waals surface area contributed by atoms with Crippen molar-refractivity contribution in [3.05, 3.63) is 42.5 Å². The molecule has 2 N–H and O–H groups in total. The van der Waals surface area contributed by atoms with Crippen LogP contribution < -0.4 is 20.1 Å². The number of benzene rings is 2. The molecule has 1 aliphatic rings. The average molecular weight is 556 g/mol. The Balaban J connectivity index is 1.65. The zero-order valence-electron chi connectivity index (χ0n) is 20.6. The van der Waals surface area contributed by atoms with Gasteiger partial charge in [-0.25, -0.2) is 18.6 Å². The number of hydrogen-bond acceptors (Lipinski definition) is 8. The van der Waals surface area contributed by atoms with Crippen molar-refractivity contribution < 1.29 is 36.0 Å². The van der Waals surface area contributed by atoms with Gasteiger partial charge in [-0.2, -0.15) is 17.5 Å². The van der Waals surface area contributed by atoms with Crippen LogP contribution in [0.1, 0.15) is 19.8 Å². The molecule has 0 saturated heterocycles. The first-order valence-corrected chi connectivity index (χ1v) is 13.5. The van der Waals surface area contributed by atoms with E-state index < -0.39 is 40.3 Å². The monoisotopic (exact) mass is 555 g/mol. The number of hydrogen-bond donors (Lipinski definition) is 2. The summed E-state index contributed by atoms with van der Waals surface area (Å²) in [6, 6.07) is 6.71.